The van der Waals surface area contributed by atoms with Gasteiger partial charge in [0, 0.05) is 24.9 Å². The highest BCUT2D eigenvalue weighted by Gasteiger charge is 2.13. The second kappa shape index (κ2) is 9.62. The van der Waals surface area contributed by atoms with Gasteiger partial charge in [0.1, 0.15) is 5.03 Å². The first kappa shape index (κ1) is 16.8. The van der Waals surface area contributed by atoms with Crippen molar-refractivity contribution in [2.24, 2.45) is 11.5 Å². The Labute approximate surface area is 125 Å². The maximum Gasteiger partial charge on any atom is 0.236 e. The van der Waals surface area contributed by atoms with Gasteiger partial charge in [-0.1, -0.05) is 16.9 Å². The lowest BCUT2D eigenvalue weighted by Gasteiger charge is -2.10. The van der Waals surface area contributed by atoms with E-state index in [1.807, 2.05) is 18.2 Å². The van der Waals surface area contributed by atoms with Crippen molar-refractivity contribution >= 4 is 33.4 Å². The summed E-state index contributed by atoms with van der Waals surface area (Å²) in [6.07, 6.45) is 2.14. The molecule has 110 valence electrons. The second-order valence-electron chi connectivity index (χ2n) is 3.98. The van der Waals surface area contributed by atoms with Gasteiger partial charge in [0.05, 0.1) is 6.04 Å². The molecule has 0 aliphatic carbocycles. The van der Waals surface area contributed by atoms with Crippen molar-refractivity contribution in [2.45, 2.75) is 23.9 Å². The molecule has 2 amide bonds. The summed E-state index contributed by atoms with van der Waals surface area (Å²) < 4.78 is 0. The zero-order valence-electron chi connectivity index (χ0n) is 11.0. The van der Waals surface area contributed by atoms with Crippen LogP contribution in [0.15, 0.2) is 29.4 Å². The Morgan fingerprint density at radius 3 is 2.85 bits per heavy atom. The van der Waals surface area contributed by atoms with Gasteiger partial charge in [0.2, 0.25) is 11.8 Å². The van der Waals surface area contributed by atoms with Gasteiger partial charge < -0.3 is 16.8 Å². The smallest absolute Gasteiger partial charge is 0.236 e. The Balaban J connectivity index is 2.08. The lowest BCUT2D eigenvalue weighted by molar-refractivity contribution is -0.122. The SMILES string of the molecule is NC(=O)CC[C@H](N)C(=O)NCCSSc1ccccn1. The second-order valence-corrected chi connectivity index (χ2v) is 6.41. The first-order chi connectivity index (χ1) is 9.59. The summed E-state index contributed by atoms with van der Waals surface area (Å²) in [5.74, 6) is 0.0421. The Hall–Kier alpha value is -1.25. The first-order valence-electron chi connectivity index (χ1n) is 6.11. The summed E-state index contributed by atoms with van der Waals surface area (Å²) in [5, 5.41) is 3.65. The Morgan fingerprint density at radius 1 is 1.40 bits per heavy atom. The van der Waals surface area contributed by atoms with Crippen molar-refractivity contribution in [3.8, 4) is 0 Å². The van der Waals surface area contributed by atoms with E-state index in [4.69, 9.17) is 11.5 Å². The van der Waals surface area contributed by atoms with E-state index in [-0.39, 0.29) is 18.7 Å². The number of aromatic nitrogens is 1. The standard InChI is InChI=1S/C12H18N4O2S2/c13-9(4-5-10(14)17)12(18)16-7-8-19-20-11-3-1-2-6-15-11/h1-3,6,9H,4-5,7-8,13H2,(H2,14,17)(H,16,18)/t9-/m0/s1. The van der Waals surface area contributed by atoms with Crippen molar-refractivity contribution in [3.05, 3.63) is 24.4 Å². The van der Waals surface area contributed by atoms with Crippen LogP contribution in [0.25, 0.3) is 0 Å². The molecule has 1 atom stereocenters. The molecule has 0 saturated heterocycles. The largest absolute Gasteiger partial charge is 0.370 e. The molecule has 20 heavy (non-hydrogen) atoms. The van der Waals surface area contributed by atoms with Crippen LogP contribution in [0, 0.1) is 0 Å². The molecule has 0 fully saturated rings. The van der Waals surface area contributed by atoms with Crippen LogP contribution in [0.5, 0.6) is 0 Å². The molecule has 1 aromatic rings. The number of nitrogens with zero attached hydrogens (tertiary/aromatic N) is 1. The van der Waals surface area contributed by atoms with Crippen LogP contribution >= 0.6 is 21.6 Å². The zero-order chi connectivity index (χ0) is 14.8. The number of nitrogens with one attached hydrogen (secondary N) is 1. The number of carbonyl (C=O) groups excluding carboxylic acids is 2. The summed E-state index contributed by atoms with van der Waals surface area (Å²) in [4.78, 5) is 26.3. The summed E-state index contributed by atoms with van der Waals surface area (Å²) in [6.45, 7) is 0.521. The monoisotopic (exact) mass is 314 g/mol. The molecule has 0 radical (unpaired) electrons. The maximum atomic E-state index is 11.6. The van der Waals surface area contributed by atoms with E-state index < -0.39 is 11.9 Å². The maximum absolute atomic E-state index is 11.6. The number of rotatable bonds is 9. The highest BCUT2D eigenvalue weighted by atomic mass is 33.1. The lowest BCUT2D eigenvalue weighted by Crippen LogP contribution is -2.41. The summed E-state index contributed by atoms with van der Waals surface area (Å²) in [6, 6.07) is 5.03. The molecule has 5 N–H and O–H groups in total. The van der Waals surface area contributed by atoms with Crippen LogP contribution < -0.4 is 16.8 Å². The summed E-state index contributed by atoms with van der Waals surface area (Å²) in [7, 11) is 3.16. The molecule has 8 heteroatoms. The Morgan fingerprint density at radius 2 is 2.20 bits per heavy atom. The number of pyridine rings is 1. The highest BCUT2D eigenvalue weighted by Crippen LogP contribution is 2.28. The fourth-order valence-electron chi connectivity index (χ4n) is 1.27. The molecule has 0 bridgehead atoms. The van der Waals surface area contributed by atoms with Crippen LogP contribution in [0.1, 0.15) is 12.8 Å². The summed E-state index contributed by atoms with van der Waals surface area (Å²) >= 11 is 0. The normalized spacial score (nSPS) is 11.8. The fourth-order valence-corrected chi connectivity index (χ4v) is 3.06. The molecular formula is C12H18N4O2S2. The fraction of sp³-hybridized carbons (Fsp3) is 0.417. The van der Waals surface area contributed by atoms with E-state index in [0.717, 1.165) is 10.8 Å². The minimum Gasteiger partial charge on any atom is -0.370 e. The van der Waals surface area contributed by atoms with Crippen molar-refractivity contribution < 1.29 is 9.59 Å². The van der Waals surface area contributed by atoms with E-state index in [0.29, 0.717) is 6.54 Å². The average Bonchev–Trinajstić information content (AvgIpc) is 2.45. The number of hydrogen-bond acceptors (Lipinski definition) is 6. The predicted octanol–water partition coefficient (Wildman–Crippen LogP) is 0.531. The van der Waals surface area contributed by atoms with E-state index in [2.05, 4.69) is 10.3 Å². The van der Waals surface area contributed by atoms with E-state index in [9.17, 15) is 9.59 Å². The highest BCUT2D eigenvalue weighted by molar-refractivity contribution is 8.76. The van der Waals surface area contributed by atoms with Crippen molar-refractivity contribution in [1.29, 1.82) is 0 Å². The molecule has 0 unspecified atom stereocenters. The molecule has 0 aliphatic heterocycles. The van der Waals surface area contributed by atoms with Crippen LogP contribution in [-0.2, 0) is 9.59 Å². The van der Waals surface area contributed by atoms with Crippen LogP contribution in [0.3, 0.4) is 0 Å². The minimum absolute atomic E-state index is 0.124. The van der Waals surface area contributed by atoms with E-state index >= 15 is 0 Å². The average molecular weight is 314 g/mol. The number of carbonyl (C=O) groups is 2. The third-order valence-electron chi connectivity index (χ3n) is 2.31. The van der Waals surface area contributed by atoms with Gasteiger partial charge in [0.25, 0.3) is 0 Å². The Kier molecular flexibility index (Phi) is 8.08. The van der Waals surface area contributed by atoms with E-state index in [1.54, 1.807) is 27.8 Å². The van der Waals surface area contributed by atoms with Gasteiger partial charge in [0.15, 0.2) is 0 Å². The number of amides is 2. The minimum atomic E-state index is -0.684. The molecule has 6 nitrogen and oxygen atoms in total. The number of nitrogens with two attached hydrogens (primary N) is 2. The van der Waals surface area contributed by atoms with Crippen LogP contribution in [0.2, 0.25) is 0 Å². The molecule has 0 aromatic carbocycles. The van der Waals surface area contributed by atoms with Crippen LogP contribution in [0.4, 0.5) is 0 Å². The van der Waals surface area contributed by atoms with Crippen molar-refractivity contribution in [1.82, 2.24) is 10.3 Å². The predicted molar refractivity (Wildman–Crippen MR) is 82.0 cm³/mol. The van der Waals surface area contributed by atoms with Gasteiger partial charge in [-0.2, -0.15) is 0 Å². The lowest BCUT2D eigenvalue weighted by atomic mass is 10.1. The first-order valence-corrected chi connectivity index (χ1v) is 8.43. The Bertz CT molecular complexity index is 431. The third kappa shape index (κ3) is 7.37. The number of hydrogen-bond donors (Lipinski definition) is 3. The third-order valence-corrected chi connectivity index (χ3v) is 4.57. The topological polar surface area (TPSA) is 111 Å². The molecular weight excluding hydrogens is 296 g/mol. The van der Waals surface area contributed by atoms with Gasteiger partial charge in [-0.25, -0.2) is 4.98 Å². The zero-order valence-corrected chi connectivity index (χ0v) is 12.6. The summed E-state index contributed by atoms with van der Waals surface area (Å²) in [5.41, 5.74) is 10.6. The van der Waals surface area contributed by atoms with Crippen molar-refractivity contribution in [2.75, 3.05) is 12.3 Å². The van der Waals surface area contributed by atoms with Gasteiger partial charge in [-0.05, 0) is 29.3 Å². The van der Waals surface area contributed by atoms with Gasteiger partial charge in [-0.3, -0.25) is 9.59 Å². The van der Waals surface area contributed by atoms with Crippen molar-refractivity contribution in [3.63, 3.8) is 0 Å². The van der Waals surface area contributed by atoms with Gasteiger partial charge >= 0.3 is 0 Å². The molecule has 0 spiro atoms. The molecule has 0 aliphatic rings. The molecule has 1 heterocycles. The van der Waals surface area contributed by atoms with Crippen LogP contribution in [-0.4, -0.2) is 35.1 Å². The molecule has 0 saturated carbocycles. The van der Waals surface area contributed by atoms with Gasteiger partial charge in [-0.15, -0.1) is 0 Å². The molecule has 1 aromatic heterocycles. The quantitative estimate of drug-likeness (QED) is 0.453. The number of primary amides is 1. The molecule has 1 rings (SSSR count). The van der Waals surface area contributed by atoms with E-state index in [1.165, 1.54) is 0 Å².